The number of halogens is 1. The summed E-state index contributed by atoms with van der Waals surface area (Å²) in [5, 5.41) is 10.8. The van der Waals surface area contributed by atoms with Crippen molar-refractivity contribution in [3.63, 3.8) is 0 Å². The van der Waals surface area contributed by atoms with Crippen molar-refractivity contribution in [3.8, 4) is 0 Å². The number of rotatable bonds is 4. The van der Waals surface area contributed by atoms with Gasteiger partial charge in [0, 0.05) is 10.5 Å². The van der Waals surface area contributed by atoms with Crippen molar-refractivity contribution in [2.75, 3.05) is 0 Å². The zero-order valence-electron chi connectivity index (χ0n) is 10.1. The van der Waals surface area contributed by atoms with Crippen molar-refractivity contribution in [2.45, 2.75) is 36.6 Å². The first kappa shape index (κ1) is 14.5. The molecule has 1 N–H and O–H groups in total. The fraction of sp³-hybridized carbons (Fsp3) is 0.417. The third-order valence-electron chi connectivity index (χ3n) is 3.09. The van der Waals surface area contributed by atoms with Crippen LogP contribution < -0.4 is 9.83 Å². The van der Waals surface area contributed by atoms with E-state index in [0.29, 0.717) is 4.47 Å². The van der Waals surface area contributed by atoms with Gasteiger partial charge < -0.3 is 9.90 Å². The second-order valence-electron chi connectivity index (χ2n) is 4.57. The van der Waals surface area contributed by atoms with E-state index in [2.05, 4.69) is 20.7 Å². The van der Waals surface area contributed by atoms with E-state index >= 15 is 0 Å². The molecule has 0 amide bonds. The van der Waals surface area contributed by atoms with Crippen LogP contribution in [0, 0.1) is 0 Å². The largest absolute Gasteiger partial charge is 0.545 e. The first-order chi connectivity index (χ1) is 8.88. The molecule has 0 heterocycles. The number of carbonyl (C=O) groups is 1. The van der Waals surface area contributed by atoms with Gasteiger partial charge in [0.25, 0.3) is 0 Å². The molecule has 0 saturated heterocycles. The molecule has 19 heavy (non-hydrogen) atoms. The minimum Gasteiger partial charge on any atom is -0.545 e. The van der Waals surface area contributed by atoms with Crippen LogP contribution in [-0.2, 0) is 10.0 Å². The van der Waals surface area contributed by atoms with Crippen LogP contribution >= 0.6 is 15.9 Å². The second kappa shape index (κ2) is 5.60. The predicted octanol–water partition coefficient (Wildman–Crippen LogP) is 1.03. The van der Waals surface area contributed by atoms with Gasteiger partial charge in [-0.1, -0.05) is 28.8 Å². The highest BCUT2D eigenvalue weighted by Crippen LogP contribution is 2.23. The van der Waals surface area contributed by atoms with E-state index in [1.807, 2.05) is 0 Å². The van der Waals surface area contributed by atoms with Gasteiger partial charge in [-0.2, -0.15) is 0 Å². The normalized spacial score (nSPS) is 16.7. The molecule has 5 nitrogen and oxygen atoms in total. The molecule has 104 valence electrons. The molecule has 2 rings (SSSR count). The van der Waals surface area contributed by atoms with Gasteiger partial charge >= 0.3 is 0 Å². The fourth-order valence-corrected chi connectivity index (χ4v) is 4.19. The number of nitrogens with one attached hydrogen (secondary N) is 1. The maximum absolute atomic E-state index is 12.2. The zero-order valence-corrected chi connectivity index (χ0v) is 12.5. The van der Waals surface area contributed by atoms with Crippen molar-refractivity contribution in [1.29, 1.82) is 0 Å². The number of carbonyl (C=O) groups excluding carboxylic acids is 1. The molecule has 0 spiro atoms. The van der Waals surface area contributed by atoms with Crippen molar-refractivity contribution in [2.24, 2.45) is 0 Å². The molecule has 0 aromatic heterocycles. The Balaban J connectivity index is 2.31. The molecule has 0 aliphatic heterocycles. The van der Waals surface area contributed by atoms with Gasteiger partial charge in [-0.3, -0.25) is 0 Å². The minimum absolute atomic E-state index is 0.0598. The summed E-state index contributed by atoms with van der Waals surface area (Å²) in [6.07, 6.45) is 3.66. The predicted molar refractivity (Wildman–Crippen MR) is 71.1 cm³/mol. The molecule has 7 heteroatoms. The highest BCUT2D eigenvalue weighted by molar-refractivity contribution is 9.10. The minimum atomic E-state index is -3.69. The summed E-state index contributed by atoms with van der Waals surface area (Å²) in [5.41, 5.74) is -0.166. The first-order valence-electron chi connectivity index (χ1n) is 5.93. The number of hydrogen-bond donors (Lipinski definition) is 1. The lowest BCUT2D eigenvalue weighted by atomic mass is 10.2. The lowest BCUT2D eigenvalue weighted by Gasteiger charge is -2.14. The van der Waals surface area contributed by atoms with E-state index in [4.69, 9.17) is 0 Å². The molecule has 1 aliphatic carbocycles. The smallest absolute Gasteiger partial charge is 0.240 e. The summed E-state index contributed by atoms with van der Waals surface area (Å²) in [4.78, 5) is 10.8. The van der Waals surface area contributed by atoms with Crippen molar-refractivity contribution >= 4 is 31.9 Å². The quantitative estimate of drug-likeness (QED) is 0.882. The Labute approximate surface area is 120 Å². The summed E-state index contributed by atoms with van der Waals surface area (Å²) in [6.45, 7) is 0. The molecule has 0 atom stereocenters. The van der Waals surface area contributed by atoms with Gasteiger partial charge in [-0.05, 0) is 36.6 Å². The second-order valence-corrected chi connectivity index (χ2v) is 7.20. The maximum Gasteiger partial charge on any atom is 0.240 e. The Bertz CT molecular complexity index is 594. The Kier molecular flexibility index (Phi) is 4.27. The monoisotopic (exact) mass is 346 g/mol. The summed E-state index contributed by atoms with van der Waals surface area (Å²) in [5.74, 6) is -1.40. The number of hydrogen-bond acceptors (Lipinski definition) is 4. The average Bonchev–Trinajstić information content (AvgIpc) is 2.80. The molecular weight excluding hydrogens is 334 g/mol. The standard InChI is InChI=1S/C12H14BrNO4S/c13-9-5-8(12(15)16)6-11(7-9)19(17,18)14-10-3-1-2-4-10/h5-7,10,14H,1-4H2,(H,15,16)/p-1. The summed E-state index contributed by atoms with van der Waals surface area (Å²) < 4.78 is 27.3. The van der Waals surface area contributed by atoms with Crippen LogP contribution in [0.5, 0.6) is 0 Å². The highest BCUT2D eigenvalue weighted by atomic mass is 79.9. The van der Waals surface area contributed by atoms with Crippen LogP contribution in [0.1, 0.15) is 36.0 Å². The fourth-order valence-electron chi connectivity index (χ4n) is 2.17. The SMILES string of the molecule is O=C([O-])c1cc(Br)cc(S(=O)(=O)NC2CCCC2)c1. The van der Waals surface area contributed by atoms with E-state index < -0.39 is 16.0 Å². The van der Waals surface area contributed by atoms with Gasteiger partial charge in [-0.25, -0.2) is 13.1 Å². The van der Waals surface area contributed by atoms with E-state index in [1.54, 1.807) is 0 Å². The van der Waals surface area contributed by atoms with Crippen molar-refractivity contribution < 1.29 is 18.3 Å². The van der Waals surface area contributed by atoms with Gasteiger partial charge in [-0.15, -0.1) is 0 Å². The molecule has 1 aromatic carbocycles. The van der Waals surface area contributed by atoms with Crippen LogP contribution in [-0.4, -0.2) is 20.4 Å². The van der Waals surface area contributed by atoms with Gasteiger partial charge in [0.05, 0.1) is 10.9 Å². The number of benzene rings is 1. The number of aromatic carboxylic acids is 1. The molecule has 1 aliphatic rings. The molecule has 1 fully saturated rings. The van der Waals surface area contributed by atoms with Crippen molar-refractivity contribution in [3.05, 3.63) is 28.2 Å². The molecule has 0 bridgehead atoms. The van der Waals surface area contributed by atoms with Crippen LogP contribution in [0.3, 0.4) is 0 Å². The lowest BCUT2D eigenvalue weighted by molar-refractivity contribution is -0.255. The summed E-state index contributed by atoms with van der Waals surface area (Å²) in [7, 11) is -3.69. The topological polar surface area (TPSA) is 86.3 Å². The molecule has 1 saturated carbocycles. The Morgan fingerprint density at radius 1 is 1.26 bits per heavy atom. The molecule has 0 radical (unpaired) electrons. The summed E-state index contributed by atoms with van der Waals surface area (Å²) >= 11 is 3.10. The van der Waals surface area contributed by atoms with Crippen molar-refractivity contribution in [1.82, 2.24) is 4.72 Å². The van der Waals surface area contributed by atoms with Crippen LogP contribution in [0.4, 0.5) is 0 Å². The van der Waals surface area contributed by atoms with Crippen LogP contribution in [0.15, 0.2) is 27.6 Å². The third kappa shape index (κ3) is 3.55. The van der Waals surface area contributed by atoms with E-state index in [1.165, 1.54) is 12.1 Å². The van der Waals surface area contributed by atoms with E-state index in [0.717, 1.165) is 31.7 Å². The Hall–Kier alpha value is -0.920. The van der Waals surface area contributed by atoms with Gasteiger partial charge in [0.1, 0.15) is 0 Å². The Morgan fingerprint density at radius 3 is 2.47 bits per heavy atom. The maximum atomic E-state index is 12.2. The Morgan fingerprint density at radius 2 is 1.89 bits per heavy atom. The molecule has 1 aromatic rings. The molecular formula is C12H13BrNO4S-. The van der Waals surface area contributed by atoms with E-state index in [-0.39, 0.29) is 16.5 Å². The zero-order chi connectivity index (χ0) is 14.0. The lowest BCUT2D eigenvalue weighted by Crippen LogP contribution is -2.33. The first-order valence-corrected chi connectivity index (χ1v) is 8.20. The van der Waals surface area contributed by atoms with Crippen LogP contribution in [0.2, 0.25) is 0 Å². The van der Waals surface area contributed by atoms with Crippen LogP contribution in [0.25, 0.3) is 0 Å². The number of sulfonamides is 1. The van der Waals surface area contributed by atoms with Gasteiger partial charge in [0.15, 0.2) is 0 Å². The number of carboxylic acids is 1. The van der Waals surface area contributed by atoms with Gasteiger partial charge in [0.2, 0.25) is 10.0 Å². The van der Waals surface area contributed by atoms with E-state index in [9.17, 15) is 18.3 Å². The number of carboxylic acid groups (broad SMARTS) is 1. The molecule has 0 unspecified atom stereocenters. The average molecular weight is 347 g/mol. The highest BCUT2D eigenvalue weighted by Gasteiger charge is 2.23. The third-order valence-corrected chi connectivity index (χ3v) is 5.05. The summed E-state index contributed by atoms with van der Waals surface area (Å²) in [6, 6.07) is 3.74.